The lowest BCUT2D eigenvalue weighted by molar-refractivity contribution is -0.130. The Morgan fingerprint density at radius 2 is 1.92 bits per heavy atom. The maximum Gasteiger partial charge on any atom is 0.423 e. The summed E-state index contributed by atoms with van der Waals surface area (Å²) in [7, 11) is 0. The fraction of sp³-hybridized carbons (Fsp3) is 0.500. The molecule has 6 heteroatoms. The van der Waals surface area contributed by atoms with Crippen LogP contribution in [0.4, 0.5) is 10.5 Å². The molecular formula is C18H22N2O3S. The lowest BCUT2D eigenvalue weighted by Crippen LogP contribution is -2.51. The van der Waals surface area contributed by atoms with Gasteiger partial charge in [0, 0.05) is 5.69 Å². The molecule has 1 aliphatic heterocycles. The minimum absolute atomic E-state index is 0.211. The maximum atomic E-state index is 13.2. The predicted octanol–water partition coefficient (Wildman–Crippen LogP) is 3.79. The second-order valence-corrected chi connectivity index (χ2v) is 6.70. The Morgan fingerprint density at radius 3 is 2.54 bits per heavy atom. The largest absolute Gasteiger partial charge is 0.449 e. The zero-order chi connectivity index (χ0) is 17.3. The number of thiocarbonyl (C=S) groups is 1. The van der Waals surface area contributed by atoms with Crippen LogP contribution in [0.2, 0.25) is 0 Å². The molecule has 0 aromatic heterocycles. The first-order valence-electron chi connectivity index (χ1n) is 8.44. The monoisotopic (exact) mass is 346 g/mol. The van der Waals surface area contributed by atoms with Crippen LogP contribution in [0.1, 0.15) is 44.6 Å². The number of ether oxygens (including phenoxy) is 1. The van der Waals surface area contributed by atoms with Crippen LogP contribution in [0.5, 0.6) is 0 Å². The Balaban J connectivity index is 2.10. The van der Waals surface area contributed by atoms with Crippen molar-refractivity contribution in [1.29, 1.82) is 0 Å². The molecule has 0 bridgehead atoms. The van der Waals surface area contributed by atoms with Crippen LogP contribution in [-0.2, 0) is 9.53 Å². The number of hydrogen-bond donors (Lipinski definition) is 0. The SMILES string of the molecule is CCOC(=O)N1C(=O)C2(CCCCC2)N(c2ccccc2C)C1=S. The van der Waals surface area contributed by atoms with Gasteiger partial charge in [-0.1, -0.05) is 37.5 Å². The van der Waals surface area contributed by atoms with Crippen LogP contribution < -0.4 is 4.90 Å². The van der Waals surface area contributed by atoms with Crippen molar-refractivity contribution in [2.45, 2.75) is 51.5 Å². The minimum atomic E-state index is -0.756. The molecule has 3 rings (SSSR count). The maximum absolute atomic E-state index is 13.2. The molecule has 0 radical (unpaired) electrons. The Labute approximate surface area is 147 Å². The van der Waals surface area contributed by atoms with Gasteiger partial charge in [-0.25, -0.2) is 4.79 Å². The van der Waals surface area contributed by atoms with E-state index in [0.717, 1.165) is 35.4 Å². The van der Waals surface area contributed by atoms with E-state index in [1.54, 1.807) is 6.92 Å². The van der Waals surface area contributed by atoms with Gasteiger partial charge in [0.15, 0.2) is 5.11 Å². The minimum Gasteiger partial charge on any atom is -0.449 e. The number of rotatable bonds is 2. The van der Waals surface area contributed by atoms with Gasteiger partial charge in [0.2, 0.25) is 0 Å². The third-order valence-electron chi connectivity index (χ3n) is 4.90. The van der Waals surface area contributed by atoms with Gasteiger partial charge in [0.25, 0.3) is 5.91 Å². The number of amides is 2. The first-order chi connectivity index (χ1) is 11.5. The number of para-hydroxylation sites is 1. The number of benzene rings is 1. The second-order valence-electron chi connectivity index (χ2n) is 6.34. The number of anilines is 1. The number of carbonyl (C=O) groups excluding carboxylic acids is 2. The summed E-state index contributed by atoms with van der Waals surface area (Å²) in [6.07, 6.45) is 3.74. The first-order valence-corrected chi connectivity index (χ1v) is 8.85. The summed E-state index contributed by atoms with van der Waals surface area (Å²) in [5.74, 6) is -0.242. The Kier molecular flexibility index (Phi) is 4.58. The van der Waals surface area contributed by atoms with Gasteiger partial charge in [-0.2, -0.15) is 4.90 Å². The molecular weight excluding hydrogens is 324 g/mol. The molecule has 0 unspecified atom stereocenters. The average molecular weight is 346 g/mol. The van der Waals surface area contributed by atoms with Gasteiger partial charge in [-0.05, 0) is 50.5 Å². The first kappa shape index (κ1) is 16.9. The summed E-state index contributed by atoms with van der Waals surface area (Å²) in [6, 6.07) is 7.83. The molecule has 1 saturated carbocycles. The van der Waals surface area contributed by atoms with Crippen molar-refractivity contribution in [3.05, 3.63) is 29.8 Å². The van der Waals surface area contributed by atoms with E-state index in [9.17, 15) is 9.59 Å². The molecule has 2 aliphatic rings. The lowest BCUT2D eigenvalue weighted by Gasteiger charge is -2.39. The number of imide groups is 1. The van der Waals surface area contributed by atoms with Crippen molar-refractivity contribution in [2.24, 2.45) is 0 Å². The van der Waals surface area contributed by atoms with Gasteiger partial charge in [0.1, 0.15) is 5.54 Å². The van der Waals surface area contributed by atoms with Crippen molar-refractivity contribution in [3.8, 4) is 0 Å². The van der Waals surface area contributed by atoms with Gasteiger partial charge in [-0.15, -0.1) is 0 Å². The molecule has 5 nitrogen and oxygen atoms in total. The van der Waals surface area contributed by atoms with E-state index in [0.29, 0.717) is 12.8 Å². The average Bonchev–Trinajstić information content (AvgIpc) is 2.77. The zero-order valence-electron chi connectivity index (χ0n) is 14.1. The van der Waals surface area contributed by atoms with Crippen molar-refractivity contribution < 1.29 is 14.3 Å². The van der Waals surface area contributed by atoms with Crippen LogP contribution >= 0.6 is 12.2 Å². The normalized spacial score (nSPS) is 19.9. The fourth-order valence-electron chi connectivity index (χ4n) is 3.74. The lowest BCUT2D eigenvalue weighted by atomic mass is 9.80. The van der Waals surface area contributed by atoms with E-state index in [4.69, 9.17) is 17.0 Å². The van der Waals surface area contributed by atoms with E-state index in [2.05, 4.69) is 0 Å². The molecule has 1 aromatic rings. The highest BCUT2D eigenvalue weighted by Gasteiger charge is 2.58. The van der Waals surface area contributed by atoms with Crippen LogP contribution in [0.15, 0.2) is 24.3 Å². The van der Waals surface area contributed by atoms with Gasteiger partial charge < -0.3 is 9.64 Å². The topological polar surface area (TPSA) is 49.9 Å². The molecule has 128 valence electrons. The van der Waals surface area contributed by atoms with Gasteiger partial charge in [0.05, 0.1) is 6.61 Å². The third-order valence-corrected chi connectivity index (χ3v) is 5.26. The molecule has 1 saturated heterocycles. The fourth-order valence-corrected chi connectivity index (χ4v) is 4.18. The number of aryl methyl sites for hydroxylation is 1. The highest BCUT2D eigenvalue weighted by atomic mass is 32.1. The standard InChI is InChI=1S/C18H22N2O3S/c1-3-23-17(22)19-15(21)18(11-7-4-8-12-18)20(16(19)24)14-10-6-5-9-13(14)2/h5-6,9-10H,3-4,7-8,11-12H2,1-2H3. The van der Waals surface area contributed by atoms with Crippen LogP contribution in [-0.4, -0.2) is 34.2 Å². The molecule has 1 aliphatic carbocycles. The Hall–Kier alpha value is -1.95. The van der Waals surface area contributed by atoms with E-state index in [-0.39, 0.29) is 17.6 Å². The Morgan fingerprint density at radius 1 is 1.25 bits per heavy atom. The highest BCUT2D eigenvalue weighted by Crippen LogP contribution is 2.44. The van der Waals surface area contributed by atoms with Crippen LogP contribution in [0.25, 0.3) is 0 Å². The Bertz CT molecular complexity index is 683. The molecule has 0 N–H and O–H groups in total. The quantitative estimate of drug-likeness (QED) is 0.763. The second kappa shape index (κ2) is 6.51. The molecule has 2 fully saturated rings. The molecule has 24 heavy (non-hydrogen) atoms. The number of hydrogen-bond acceptors (Lipinski definition) is 4. The molecule has 1 heterocycles. The predicted molar refractivity (Wildman–Crippen MR) is 95.9 cm³/mol. The van der Waals surface area contributed by atoms with E-state index < -0.39 is 11.6 Å². The molecule has 1 spiro atoms. The van der Waals surface area contributed by atoms with E-state index in [1.807, 2.05) is 36.1 Å². The summed E-state index contributed by atoms with van der Waals surface area (Å²) in [4.78, 5) is 28.5. The third kappa shape index (κ3) is 2.49. The molecule has 1 aromatic carbocycles. The van der Waals surface area contributed by atoms with Gasteiger partial charge in [-0.3, -0.25) is 4.79 Å². The summed E-state index contributed by atoms with van der Waals surface area (Å²) >= 11 is 5.55. The highest BCUT2D eigenvalue weighted by molar-refractivity contribution is 7.80. The van der Waals surface area contributed by atoms with Crippen molar-refractivity contribution >= 4 is 35.0 Å². The molecule has 0 atom stereocenters. The van der Waals surface area contributed by atoms with Crippen molar-refractivity contribution in [1.82, 2.24) is 4.90 Å². The number of nitrogens with zero attached hydrogens (tertiary/aromatic N) is 2. The van der Waals surface area contributed by atoms with E-state index in [1.165, 1.54) is 0 Å². The molecule has 2 amide bonds. The van der Waals surface area contributed by atoms with Crippen LogP contribution in [0, 0.1) is 6.92 Å². The van der Waals surface area contributed by atoms with Gasteiger partial charge >= 0.3 is 6.09 Å². The summed E-state index contributed by atoms with van der Waals surface area (Å²) in [5, 5.41) is 0.231. The zero-order valence-corrected chi connectivity index (χ0v) is 14.9. The number of carbonyl (C=O) groups is 2. The summed E-state index contributed by atoms with van der Waals surface area (Å²) < 4.78 is 5.07. The smallest absolute Gasteiger partial charge is 0.423 e. The van der Waals surface area contributed by atoms with Crippen LogP contribution in [0.3, 0.4) is 0 Å². The van der Waals surface area contributed by atoms with E-state index >= 15 is 0 Å². The summed E-state index contributed by atoms with van der Waals surface area (Å²) in [5.41, 5.74) is 1.17. The van der Waals surface area contributed by atoms with Crippen molar-refractivity contribution in [2.75, 3.05) is 11.5 Å². The summed E-state index contributed by atoms with van der Waals surface area (Å²) in [6.45, 7) is 3.92. The van der Waals surface area contributed by atoms with Crippen molar-refractivity contribution in [3.63, 3.8) is 0 Å².